The number of aromatic nitrogens is 2. The zero-order chi connectivity index (χ0) is 27.9. The lowest BCUT2D eigenvalue weighted by Crippen LogP contribution is -2.09. The number of carbonyl (C=O) groups is 2. The van der Waals surface area contributed by atoms with Crippen LogP contribution in [0.25, 0.3) is 16.5 Å². The highest BCUT2D eigenvalue weighted by atomic mass is 16.5. The maximum Gasteiger partial charge on any atom is 0.186 e. The third kappa shape index (κ3) is 6.00. The summed E-state index contributed by atoms with van der Waals surface area (Å²) in [5.74, 6) is 1.52. The van der Waals surface area contributed by atoms with Gasteiger partial charge in [-0.15, -0.1) is 0 Å². The maximum absolute atomic E-state index is 12.8. The maximum atomic E-state index is 12.8. The predicted molar refractivity (Wildman–Crippen MR) is 151 cm³/mol. The second-order valence-electron chi connectivity index (χ2n) is 8.85. The van der Waals surface area contributed by atoms with Crippen molar-refractivity contribution in [1.29, 1.82) is 0 Å². The fraction of sp³-hybridized carbons (Fsp3) is 0.161. The van der Waals surface area contributed by atoms with Gasteiger partial charge in [0.05, 0.1) is 19.2 Å². The molecule has 5 rings (SSSR count). The van der Waals surface area contributed by atoms with Crippen LogP contribution in [-0.2, 0) is 20.9 Å². The van der Waals surface area contributed by atoms with E-state index >= 15 is 0 Å². The van der Waals surface area contributed by atoms with E-state index in [1.165, 1.54) is 24.6 Å². The SMILES string of the molecule is COCCOc1cc2ncnc(Nc3ccc(OCc4ccccc4)c(C4=CC(=O)C=CC4=O)c3)c2cc1OC. The Labute approximate surface area is 231 Å². The average Bonchev–Trinajstić information content (AvgIpc) is 2.98. The Morgan fingerprint density at radius 1 is 0.825 bits per heavy atom. The molecule has 1 aliphatic carbocycles. The summed E-state index contributed by atoms with van der Waals surface area (Å²) in [6.07, 6.45) is 5.30. The normalized spacial score (nSPS) is 12.8. The number of rotatable bonds is 11. The van der Waals surface area contributed by atoms with Gasteiger partial charge in [-0.25, -0.2) is 9.97 Å². The number of nitrogens with zero attached hydrogens (tertiary/aromatic N) is 2. The van der Waals surface area contributed by atoms with Crippen molar-refractivity contribution in [1.82, 2.24) is 9.97 Å². The van der Waals surface area contributed by atoms with Gasteiger partial charge in [-0.3, -0.25) is 9.59 Å². The fourth-order valence-electron chi connectivity index (χ4n) is 4.21. The minimum Gasteiger partial charge on any atom is -0.493 e. The average molecular weight is 538 g/mol. The van der Waals surface area contributed by atoms with Gasteiger partial charge in [-0.1, -0.05) is 30.3 Å². The number of anilines is 2. The number of carbonyl (C=O) groups excluding carboxylic acids is 2. The molecule has 0 unspecified atom stereocenters. The number of ketones is 2. The van der Waals surface area contributed by atoms with Gasteiger partial charge in [0.25, 0.3) is 0 Å². The molecule has 0 saturated heterocycles. The Morgan fingerprint density at radius 2 is 1.68 bits per heavy atom. The van der Waals surface area contributed by atoms with Crippen LogP contribution in [-0.4, -0.2) is 49.0 Å². The molecule has 0 radical (unpaired) electrons. The molecular formula is C31H27N3O6. The number of hydrogen-bond acceptors (Lipinski definition) is 9. The summed E-state index contributed by atoms with van der Waals surface area (Å²) < 4.78 is 22.5. The highest BCUT2D eigenvalue weighted by molar-refractivity contribution is 6.34. The van der Waals surface area contributed by atoms with Crippen LogP contribution in [0.5, 0.6) is 17.2 Å². The molecule has 1 N–H and O–H groups in total. The highest BCUT2D eigenvalue weighted by Crippen LogP contribution is 2.36. The van der Waals surface area contributed by atoms with E-state index < -0.39 is 0 Å². The van der Waals surface area contributed by atoms with Gasteiger partial charge in [0.2, 0.25) is 0 Å². The zero-order valence-corrected chi connectivity index (χ0v) is 22.0. The first-order valence-electron chi connectivity index (χ1n) is 12.6. The van der Waals surface area contributed by atoms with Crippen LogP contribution >= 0.6 is 0 Å². The van der Waals surface area contributed by atoms with Crippen LogP contribution in [0, 0.1) is 0 Å². The number of allylic oxidation sites excluding steroid dienone is 4. The van der Waals surface area contributed by atoms with E-state index in [-0.39, 0.29) is 17.1 Å². The zero-order valence-electron chi connectivity index (χ0n) is 22.0. The van der Waals surface area contributed by atoms with E-state index in [1.54, 1.807) is 38.5 Å². The van der Waals surface area contributed by atoms with Gasteiger partial charge in [-0.2, -0.15) is 0 Å². The third-order valence-corrected chi connectivity index (χ3v) is 6.19. The van der Waals surface area contributed by atoms with E-state index in [4.69, 9.17) is 18.9 Å². The minimum atomic E-state index is -0.278. The van der Waals surface area contributed by atoms with Crippen molar-refractivity contribution in [2.45, 2.75) is 6.61 Å². The largest absolute Gasteiger partial charge is 0.493 e. The number of nitrogens with one attached hydrogen (secondary N) is 1. The van der Waals surface area contributed by atoms with Crippen molar-refractivity contribution in [2.24, 2.45) is 0 Å². The molecule has 202 valence electrons. The smallest absolute Gasteiger partial charge is 0.186 e. The summed E-state index contributed by atoms with van der Waals surface area (Å²) in [6.45, 7) is 1.10. The summed E-state index contributed by atoms with van der Waals surface area (Å²) in [4.78, 5) is 33.7. The van der Waals surface area contributed by atoms with Gasteiger partial charge in [0.15, 0.2) is 23.1 Å². The van der Waals surface area contributed by atoms with E-state index in [0.717, 1.165) is 5.56 Å². The Hall–Kier alpha value is -5.02. The van der Waals surface area contributed by atoms with E-state index in [1.807, 2.05) is 36.4 Å². The molecule has 0 fully saturated rings. The molecule has 3 aromatic carbocycles. The monoisotopic (exact) mass is 537 g/mol. The van der Waals surface area contributed by atoms with Gasteiger partial charge >= 0.3 is 0 Å². The molecule has 0 saturated carbocycles. The third-order valence-electron chi connectivity index (χ3n) is 6.19. The van der Waals surface area contributed by atoms with Crippen LogP contribution < -0.4 is 19.5 Å². The molecule has 1 aromatic heterocycles. The molecule has 9 heteroatoms. The number of methoxy groups -OCH3 is 2. The fourth-order valence-corrected chi connectivity index (χ4v) is 4.21. The lowest BCUT2D eigenvalue weighted by molar-refractivity contribution is -0.113. The van der Waals surface area contributed by atoms with Crippen LogP contribution in [0.2, 0.25) is 0 Å². The van der Waals surface area contributed by atoms with Crippen molar-refractivity contribution >= 4 is 39.5 Å². The summed E-state index contributed by atoms with van der Waals surface area (Å²) in [6, 6.07) is 18.6. The second kappa shape index (κ2) is 12.2. The number of hydrogen-bond donors (Lipinski definition) is 1. The number of benzene rings is 3. The Morgan fingerprint density at radius 3 is 2.48 bits per heavy atom. The predicted octanol–water partition coefficient (Wildman–Crippen LogP) is 5.08. The Balaban J connectivity index is 1.49. The topological polar surface area (TPSA) is 109 Å². The molecule has 9 nitrogen and oxygen atoms in total. The summed E-state index contributed by atoms with van der Waals surface area (Å²) in [5, 5.41) is 4.02. The number of ether oxygens (including phenoxy) is 4. The Bertz CT molecular complexity index is 1610. The standard InChI is InChI=1S/C31H27N3O6/c1-37-12-13-39-30-17-26-25(16-29(30)38-2)31(33-19-32-26)34-21-8-11-28(40-18-20-6-4-3-5-7-20)24(14-21)23-15-22(35)9-10-27(23)36/h3-11,14-17,19H,12-13,18H2,1-2H3,(H,32,33,34). The molecule has 0 amide bonds. The molecule has 0 spiro atoms. The van der Waals surface area contributed by atoms with E-state index in [2.05, 4.69) is 15.3 Å². The van der Waals surface area contributed by atoms with Crippen LogP contribution in [0.3, 0.4) is 0 Å². The molecule has 1 heterocycles. The molecule has 0 atom stereocenters. The first-order valence-corrected chi connectivity index (χ1v) is 12.6. The first kappa shape index (κ1) is 26.6. The van der Waals surface area contributed by atoms with Crippen molar-refractivity contribution < 1.29 is 28.5 Å². The number of fused-ring (bicyclic) bond motifs is 1. The lowest BCUT2D eigenvalue weighted by Gasteiger charge is -2.17. The summed E-state index contributed by atoms with van der Waals surface area (Å²) in [7, 11) is 3.17. The lowest BCUT2D eigenvalue weighted by atomic mass is 9.95. The van der Waals surface area contributed by atoms with Crippen molar-refractivity contribution in [3.05, 3.63) is 96.3 Å². The molecule has 1 aliphatic rings. The molecular weight excluding hydrogens is 510 g/mol. The van der Waals surface area contributed by atoms with E-state index in [0.29, 0.717) is 65.0 Å². The van der Waals surface area contributed by atoms with E-state index in [9.17, 15) is 9.59 Å². The van der Waals surface area contributed by atoms with Gasteiger partial charge in [0.1, 0.15) is 31.1 Å². The molecule has 0 aliphatic heterocycles. The van der Waals surface area contributed by atoms with Crippen LogP contribution in [0.4, 0.5) is 11.5 Å². The van der Waals surface area contributed by atoms with Gasteiger partial charge in [-0.05, 0) is 48.1 Å². The van der Waals surface area contributed by atoms with Crippen molar-refractivity contribution in [3.63, 3.8) is 0 Å². The van der Waals surface area contributed by atoms with Crippen molar-refractivity contribution in [3.8, 4) is 17.2 Å². The van der Waals surface area contributed by atoms with Gasteiger partial charge < -0.3 is 24.3 Å². The van der Waals surface area contributed by atoms with Crippen LogP contribution in [0.1, 0.15) is 11.1 Å². The quantitative estimate of drug-likeness (QED) is 0.207. The van der Waals surface area contributed by atoms with Gasteiger partial charge in [0, 0.05) is 35.4 Å². The molecule has 40 heavy (non-hydrogen) atoms. The Kier molecular flexibility index (Phi) is 8.13. The highest BCUT2D eigenvalue weighted by Gasteiger charge is 2.20. The second-order valence-corrected chi connectivity index (χ2v) is 8.85. The molecule has 0 bridgehead atoms. The molecule has 4 aromatic rings. The first-order chi connectivity index (χ1) is 19.6. The van der Waals surface area contributed by atoms with Crippen LogP contribution in [0.15, 0.2) is 85.2 Å². The van der Waals surface area contributed by atoms with Crippen molar-refractivity contribution in [2.75, 3.05) is 32.8 Å². The summed E-state index contributed by atoms with van der Waals surface area (Å²) >= 11 is 0. The minimum absolute atomic E-state index is 0.256. The summed E-state index contributed by atoms with van der Waals surface area (Å²) in [5.41, 5.74) is 3.01.